The summed E-state index contributed by atoms with van der Waals surface area (Å²) in [6.45, 7) is 5.58. The molecule has 1 heterocycles. The maximum Gasteiger partial charge on any atom is 0.281 e. The minimum atomic E-state index is -3.43. The summed E-state index contributed by atoms with van der Waals surface area (Å²) in [5.41, 5.74) is 0. The van der Waals surface area contributed by atoms with Crippen LogP contribution in [0.5, 0.6) is 0 Å². The number of piperidine rings is 1. The number of rotatable bonds is 7. The molecule has 1 fully saturated rings. The first-order chi connectivity index (χ1) is 8.87. The molecule has 114 valence electrons. The van der Waals surface area contributed by atoms with Crippen molar-refractivity contribution in [2.45, 2.75) is 32.8 Å². The third-order valence-corrected chi connectivity index (χ3v) is 5.27. The number of aliphatic hydroxyl groups excluding tert-OH is 1. The number of nitrogens with zero attached hydrogens (tertiary/aromatic N) is 2. The summed E-state index contributed by atoms with van der Waals surface area (Å²) < 4.78 is 32.8. The van der Waals surface area contributed by atoms with Crippen molar-refractivity contribution < 1.29 is 18.3 Å². The monoisotopic (exact) mass is 294 g/mol. The second kappa shape index (κ2) is 7.54. The van der Waals surface area contributed by atoms with Crippen molar-refractivity contribution in [3.8, 4) is 0 Å². The highest BCUT2D eigenvalue weighted by molar-refractivity contribution is 7.86. The Morgan fingerprint density at radius 1 is 1.47 bits per heavy atom. The smallest absolute Gasteiger partial charge is 0.281 e. The standard InChI is InChI=1S/C12H26N2O4S/c1-11(2)18-8-7-13(3)19(16,17)14-6-4-5-12(9-14)10-15/h11-12,15H,4-10H2,1-3H3. The molecule has 0 saturated carbocycles. The van der Waals surface area contributed by atoms with Crippen LogP contribution in [0.4, 0.5) is 0 Å². The van der Waals surface area contributed by atoms with E-state index in [0.717, 1.165) is 12.8 Å². The van der Waals surface area contributed by atoms with E-state index in [1.165, 1.54) is 8.61 Å². The Labute approximate surface area is 116 Å². The van der Waals surface area contributed by atoms with Crippen molar-refractivity contribution in [1.82, 2.24) is 8.61 Å². The van der Waals surface area contributed by atoms with Crippen LogP contribution in [0, 0.1) is 5.92 Å². The summed E-state index contributed by atoms with van der Waals surface area (Å²) in [4.78, 5) is 0. The molecular formula is C12H26N2O4S. The fourth-order valence-corrected chi connectivity index (χ4v) is 3.57. The van der Waals surface area contributed by atoms with Crippen LogP contribution in [0.15, 0.2) is 0 Å². The molecule has 0 radical (unpaired) electrons. The van der Waals surface area contributed by atoms with Gasteiger partial charge < -0.3 is 9.84 Å². The SMILES string of the molecule is CC(C)OCCN(C)S(=O)(=O)N1CCCC(CO)C1. The average molecular weight is 294 g/mol. The van der Waals surface area contributed by atoms with Gasteiger partial charge in [-0.15, -0.1) is 0 Å². The van der Waals surface area contributed by atoms with Gasteiger partial charge in [-0.1, -0.05) is 0 Å². The van der Waals surface area contributed by atoms with E-state index in [0.29, 0.717) is 26.2 Å². The summed E-state index contributed by atoms with van der Waals surface area (Å²) in [7, 11) is -1.86. The minimum absolute atomic E-state index is 0.0478. The number of hydrogen-bond acceptors (Lipinski definition) is 4. The molecule has 19 heavy (non-hydrogen) atoms. The molecule has 6 nitrogen and oxygen atoms in total. The second-order valence-corrected chi connectivity index (χ2v) is 7.33. The molecular weight excluding hydrogens is 268 g/mol. The van der Waals surface area contributed by atoms with Crippen LogP contribution in [-0.2, 0) is 14.9 Å². The molecule has 0 spiro atoms. The number of ether oxygens (including phenoxy) is 1. The van der Waals surface area contributed by atoms with Crippen molar-refractivity contribution in [3.05, 3.63) is 0 Å². The average Bonchev–Trinajstić information content (AvgIpc) is 2.38. The molecule has 0 aromatic carbocycles. The van der Waals surface area contributed by atoms with Crippen LogP contribution >= 0.6 is 0 Å². The largest absolute Gasteiger partial charge is 0.396 e. The van der Waals surface area contributed by atoms with Gasteiger partial charge in [-0.25, -0.2) is 0 Å². The van der Waals surface area contributed by atoms with E-state index in [1.54, 1.807) is 7.05 Å². The van der Waals surface area contributed by atoms with E-state index in [9.17, 15) is 8.42 Å². The highest BCUT2D eigenvalue weighted by Crippen LogP contribution is 2.20. The lowest BCUT2D eigenvalue weighted by molar-refractivity contribution is 0.0724. The number of aliphatic hydroxyl groups is 1. The molecule has 1 aliphatic heterocycles. The van der Waals surface area contributed by atoms with Gasteiger partial charge in [0.25, 0.3) is 10.2 Å². The van der Waals surface area contributed by atoms with Crippen molar-refractivity contribution in [1.29, 1.82) is 0 Å². The first-order valence-electron chi connectivity index (χ1n) is 6.81. The lowest BCUT2D eigenvalue weighted by Crippen LogP contribution is -2.48. The fraction of sp³-hybridized carbons (Fsp3) is 1.00. The molecule has 7 heteroatoms. The van der Waals surface area contributed by atoms with Crippen molar-refractivity contribution in [2.75, 3.05) is 39.9 Å². The molecule has 1 N–H and O–H groups in total. The van der Waals surface area contributed by atoms with Gasteiger partial charge in [0.1, 0.15) is 0 Å². The van der Waals surface area contributed by atoms with Crippen LogP contribution in [0.25, 0.3) is 0 Å². The third kappa shape index (κ3) is 5.00. The van der Waals surface area contributed by atoms with Crippen LogP contribution in [-0.4, -0.2) is 68.1 Å². The summed E-state index contributed by atoms with van der Waals surface area (Å²) in [5.74, 6) is 0.0591. The first kappa shape index (κ1) is 16.8. The third-order valence-electron chi connectivity index (χ3n) is 3.32. The Morgan fingerprint density at radius 2 is 2.16 bits per heavy atom. The molecule has 0 bridgehead atoms. The van der Waals surface area contributed by atoms with Gasteiger partial charge in [-0.2, -0.15) is 17.0 Å². The maximum atomic E-state index is 12.3. The highest BCUT2D eigenvalue weighted by atomic mass is 32.2. The summed E-state index contributed by atoms with van der Waals surface area (Å²) in [6, 6.07) is 0. The van der Waals surface area contributed by atoms with Gasteiger partial charge >= 0.3 is 0 Å². The van der Waals surface area contributed by atoms with E-state index in [1.807, 2.05) is 13.8 Å². The van der Waals surface area contributed by atoms with Crippen LogP contribution in [0.1, 0.15) is 26.7 Å². The zero-order valence-electron chi connectivity index (χ0n) is 12.1. The predicted molar refractivity (Wildman–Crippen MR) is 74.0 cm³/mol. The molecule has 1 unspecified atom stereocenters. The molecule has 0 aromatic rings. The highest BCUT2D eigenvalue weighted by Gasteiger charge is 2.31. The Hall–Kier alpha value is -0.210. The van der Waals surface area contributed by atoms with Gasteiger partial charge in [0.05, 0.1) is 12.7 Å². The first-order valence-corrected chi connectivity index (χ1v) is 8.21. The molecule has 0 amide bonds. The van der Waals surface area contributed by atoms with E-state index in [-0.39, 0.29) is 18.6 Å². The quantitative estimate of drug-likeness (QED) is 0.733. The van der Waals surface area contributed by atoms with E-state index in [2.05, 4.69) is 0 Å². The predicted octanol–water partition coefficient (Wildman–Crippen LogP) is 0.292. The lowest BCUT2D eigenvalue weighted by Gasteiger charge is -2.33. The minimum Gasteiger partial charge on any atom is -0.396 e. The Balaban J connectivity index is 2.53. The Morgan fingerprint density at radius 3 is 2.74 bits per heavy atom. The summed E-state index contributed by atoms with van der Waals surface area (Å²) >= 11 is 0. The molecule has 0 aliphatic carbocycles. The molecule has 1 saturated heterocycles. The lowest BCUT2D eigenvalue weighted by atomic mass is 10.0. The normalized spacial score (nSPS) is 22.3. The van der Waals surface area contributed by atoms with Crippen molar-refractivity contribution >= 4 is 10.2 Å². The van der Waals surface area contributed by atoms with Crippen molar-refractivity contribution in [2.24, 2.45) is 5.92 Å². The summed E-state index contributed by atoms with van der Waals surface area (Å²) in [6.07, 6.45) is 1.80. The van der Waals surface area contributed by atoms with Crippen LogP contribution in [0.2, 0.25) is 0 Å². The zero-order valence-corrected chi connectivity index (χ0v) is 12.9. The topological polar surface area (TPSA) is 70.1 Å². The van der Waals surface area contributed by atoms with Gasteiger partial charge in [-0.05, 0) is 32.6 Å². The van der Waals surface area contributed by atoms with E-state index in [4.69, 9.17) is 9.84 Å². The van der Waals surface area contributed by atoms with E-state index >= 15 is 0 Å². The number of hydrogen-bond donors (Lipinski definition) is 1. The molecule has 1 rings (SSSR count). The molecule has 1 aliphatic rings. The van der Waals surface area contributed by atoms with Crippen LogP contribution in [0.3, 0.4) is 0 Å². The van der Waals surface area contributed by atoms with Crippen molar-refractivity contribution in [3.63, 3.8) is 0 Å². The van der Waals surface area contributed by atoms with Gasteiger partial charge in [0, 0.05) is 33.3 Å². The number of likely N-dealkylation sites (N-methyl/N-ethyl adjacent to an activating group) is 1. The Kier molecular flexibility index (Phi) is 6.68. The van der Waals surface area contributed by atoms with Crippen LogP contribution < -0.4 is 0 Å². The van der Waals surface area contributed by atoms with Gasteiger partial charge in [-0.3, -0.25) is 0 Å². The second-order valence-electron chi connectivity index (χ2n) is 5.30. The Bertz CT molecular complexity index is 359. The van der Waals surface area contributed by atoms with Gasteiger partial charge in [0.2, 0.25) is 0 Å². The zero-order chi connectivity index (χ0) is 14.5. The molecule has 1 atom stereocenters. The maximum absolute atomic E-state index is 12.3. The van der Waals surface area contributed by atoms with E-state index < -0.39 is 10.2 Å². The fourth-order valence-electron chi connectivity index (χ4n) is 2.11. The molecule has 0 aromatic heterocycles. The summed E-state index contributed by atoms with van der Waals surface area (Å²) in [5, 5.41) is 9.16. The van der Waals surface area contributed by atoms with Gasteiger partial charge in [0.15, 0.2) is 0 Å².